The number of methoxy groups -OCH3 is 1. The van der Waals surface area contributed by atoms with Crippen LogP contribution in [0, 0.1) is 5.92 Å². The Labute approximate surface area is 106 Å². The molecule has 0 aliphatic heterocycles. The second-order valence-corrected chi connectivity index (χ2v) is 5.59. The number of rotatable bonds is 7. The third-order valence-corrected chi connectivity index (χ3v) is 3.92. The number of alkyl halides is 1. The molecule has 1 fully saturated rings. The summed E-state index contributed by atoms with van der Waals surface area (Å²) in [7, 11) is 1.41. The van der Waals surface area contributed by atoms with Crippen molar-refractivity contribution in [2.24, 2.45) is 5.92 Å². The van der Waals surface area contributed by atoms with Gasteiger partial charge >= 0.3 is 5.97 Å². The summed E-state index contributed by atoms with van der Waals surface area (Å²) in [5.74, 6) is 0.755. The van der Waals surface area contributed by atoms with Gasteiger partial charge in [-0.25, -0.2) is 0 Å². The van der Waals surface area contributed by atoms with E-state index in [2.05, 4.69) is 26.0 Å². The van der Waals surface area contributed by atoms with E-state index in [0.29, 0.717) is 6.54 Å². The van der Waals surface area contributed by atoms with Gasteiger partial charge in [-0.15, -0.1) is 0 Å². The monoisotopic (exact) mass is 291 g/mol. The lowest BCUT2D eigenvalue weighted by Gasteiger charge is -2.11. The zero-order valence-electron chi connectivity index (χ0n) is 10.0. The summed E-state index contributed by atoms with van der Waals surface area (Å²) in [6, 6.07) is 0. The van der Waals surface area contributed by atoms with E-state index in [9.17, 15) is 4.79 Å². The van der Waals surface area contributed by atoms with Crippen LogP contribution in [-0.2, 0) is 9.53 Å². The molecule has 0 amide bonds. The van der Waals surface area contributed by atoms with Gasteiger partial charge in [0.2, 0.25) is 0 Å². The van der Waals surface area contributed by atoms with Gasteiger partial charge in [0.05, 0.1) is 7.11 Å². The summed E-state index contributed by atoms with van der Waals surface area (Å²) in [5.41, 5.74) is 0. The zero-order valence-corrected chi connectivity index (χ0v) is 11.6. The number of carbonyl (C=O) groups excluding carboxylic acids is 1. The van der Waals surface area contributed by atoms with Gasteiger partial charge in [-0.2, -0.15) is 0 Å². The minimum absolute atomic E-state index is 0.205. The van der Waals surface area contributed by atoms with Crippen LogP contribution in [0.15, 0.2) is 0 Å². The minimum atomic E-state index is -0.219. The van der Waals surface area contributed by atoms with Gasteiger partial charge in [-0.05, 0) is 25.3 Å². The molecule has 1 N–H and O–H groups in total. The number of hydrogen-bond acceptors (Lipinski definition) is 3. The Kier molecular flexibility index (Phi) is 7.05. The van der Waals surface area contributed by atoms with Gasteiger partial charge in [-0.1, -0.05) is 41.6 Å². The largest absolute Gasteiger partial charge is 0.468 e. The van der Waals surface area contributed by atoms with Gasteiger partial charge < -0.3 is 10.1 Å². The number of halogens is 1. The maximum absolute atomic E-state index is 11.1. The normalized spacial score (nSPS) is 18.6. The Hall–Kier alpha value is -0.0900. The Morgan fingerprint density at radius 3 is 2.81 bits per heavy atom. The van der Waals surface area contributed by atoms with Crippen molar-refractivity contribution in [3.05, 3.63) is 0 Å². The van der Waals surface area contributed by atoms with Crippen molar-refractivity contribution in [1.82, 2.24) is 5.32 Å². The molecule has 94 valence electrons. The van der Waals surface area contributed by atoms with Crippen molar-refractivity contribution in [3.63, 3.8) is 0 Å². The molecular weight excluding hydrogens is 270 g/mol. The van der Waals surface area contributed by atoms with Gasteiger partial charge in [0.15, 0.2) is 0 Å². The topological polar surface area (TPSA) is 38.3 Å². The smallest absolute Gasteiger partial charge is 0.320 e. The molecule has 0 aromatic carbocycles. The fourth-order valence-corrected chi connectivity index (χ4v) is 2.67. The molecule has 1 rings (SSSR count). The number of nitrogens with one attached hydrogen (secondary N) is 1. The summed E-state index contributed by atoms with van der Waals surface area (Å²) in [4.78, 5) is 10.9. The van der Waals surface area contributed by atoms with Crippen LogP contribution in [0.3, 0.4) is 0 Å². The molecule has 0 aromatic rings. The first kappa shape index (κ1) is 14.0. The van der Waals surface area contributed by atoms with Crippen LogP contribution >= 0.6 is 15.9 Å². The van der Waals surface area contributed by atoms with Crippen molar-refractivity contribution >= 4 is 21.9 Å². The molecule has 4 heteroatoms. The highest BCUT2D eigenvalue weighted by Gasteiger charge is 2.15. The highest BCUT2D eigenvalue weighted by Crippen LogP contribution is 2.28. The average Bonchev–Trinajstić information content (AvgIpc) is 2.80. The van der Waals surface area contributed by atoms with E-state index >= 15 is 0 Å². The number of carbonyl (C=O) groups is 1. The van der Waals surface area contributed by atoms with E-state index in [1.54, 1.807) is 0 Å². The lowest BCUT2D eigenvalue weighted by molar-refractivity contribution is -0.139. The van der Waals surface area contributed by atoms with Crippen molar-refractivity contribution in [2.45, 2.75) is 43.4 Å². The van der Waals surface area contributed by atoms with E-state index in [4.69, 9.17) is 0 Å². The fourth-order valence-electron chi connectivity index (χ4n) is 2.25. The highest BCUT2D eigenvalue weighted by molar-refractivity contribution is 9.10. The highest BCUT2D eigenvalue weighted by atomic mass is 79.9. The molecule has 0 radical (unpaired) electrons. The van der Waals surface area contributed by atoms with E-state index in [0.717, 1.165) is 12.5 Å². The van der Waals surface area contributed by atoms with Gasteiger partial charge in [0.25, 0.3) is 0 Å². The molecule has 0 heterocycles. The molecule has 3 nitrogen and oxygen atoms in total. The number of esters is 1. The molecular formula is C12H22BrNO2. The van der Waals surface area contributed by atoms with Crippen LogP contribution in [0.25, 0.3) is 0 Å². The van der Waals surface area contributed by atoms with Crippen LogP contribution < -0.4 is 5.32 Å². The quantitative estimate of drug-likeness (QED) is 0.445. The molecule has 0 spiro atoms. The molecule has 1 saturated carbocycles. The Morgan fingerprint density at radius 2 is 2.19 bits per heavy atom. The second-order valence-electron chi connectivity index (χ2n) is 4.49. The van der Waals surface area contributed by atoms with Crippen molar-refractivity contribution in [2.75, 3.05) is 20.2 Å². The van der Waals surface area contributed by atoms with Crippen LogP contribution in [0.4, 0.5) is 0 Å². The van der Waals surface area contributed by atoms with Crippen molar-refractivity contribution in [1.29, 1.82) is 0 Å². The molecule has 16 heavy (non-hydrogen) atoms. The number of hydrogen-bond donors (Lipinski definition) is 1. The minimum Gasteiger partial charge on any atom is -0.468 e. The SMILES string of the molecule is COC(=O)C(Br)CNCCCC1CCCC1. The molecule has 1 unspecified atom stereocenters. The molecule has 0 saturated heterocycles. The second kappa shape index (κ2) is 8.07. The molecule has 0 bridgehead atoms. The molecule has 1 aliphatic carbocycles. The first-order valence-corrected chi connectivity index (χ1v) is 7.08. The zero-order chi connectivity index (χ0) is 11.8. The lowest BCUT2D eigenvalue weighted by atomic mass is 10.0. The predicted octanol–water partition coefficient (Wildman–Crippen LogP) is 2.48. The summed E-state index contributed by atoms with van der Waals surface area (Å²) < 4.78 is 4.62. The molecule has 1 aliphatic rings. The first-order valence-electron chi connectivity index (χ1n) is 6.16. The fraction of sp³-hybridized carbons (Fsp3) is 0.917. The van der Waals surface area contributed by atoms with Crippen molar-refractivity contribution in [3.8, 4) is 0 Å². The third-order valence-electron chi connectivity index (χ3n) is 3.22. The van der Waals surface area contributed by atoms with E-state index in [1.807, 2.05) is 0 Å². The van der Waals surface area contributed by atoms with Crippen LogP contribution in [0.5, 0.6) is 0 Å². The van der Waals surface area contributed by atoms with E-state index < -0.39 is 0 Å². The maximum Gasteiger partial charge on any atom is 0.320 e. The van der Waals surface area contributed by atoms with E-state index in [-0.39, 0.29) is 10.8 Å². The van der Waals surface area contributed by atoms with Crippen LogP contribution in [0.2, 0.25) is 0 Å². The summed E-state index contributed by atoms with van der Waals surface area (Å²) in [5, 5.41) is 3.28. The summed E-state index contributed by atoms with van der Waals surface area (Å²) in [6.07, 6.45) is 8.23. The lowest BCUT2D eigenvalue weighted by Crippen LogP contribution is -2.30. The van der Waals surface area contributed by atoms with Gasteiger partial charge in [0.1, 0.15) is 4.83 Å². The first-order chi connectivity index (χ1) is 7.74. The Balaban J connectivity index is 1.92. The van der Waals surface area contributed by atoms with E-state index in [1.165, 1.54) is 45.6 Å². The summed E-state index contributed by atoms with van der Waals surface area (Å²) in [6.45, 7) is 1.65. The molecule has 1 atom stereocenters. The maximum atomic E-state index is 11.1. The predicted molar refractivity (Wildman–Crippen MR) is 68.8 cm³/mol. The standard InChI is InChI=1S/C12H22BrNO2/c1-16-12(15)11(13)9-14-8-4-7-10-5-2-3-6-10/h10-11,14H,2-9H2,1H3. The van der Waals surface area contributed by atoms with Gasteiger partial charge in [0, 0.05) is 6.54 Å². The van der Waals surface area contributed by atoms with Crippen LogP contribution in [0.1, 0.15) is 38.5 Å². The van der Waals surface area contributed by atoms with Crippen LogP contribution in [-0.4, -0.2) is 31.0 Å². The third kappa shape index (κ3) is 5.30. The van der Waals surface area contributed by atoms with Gasteiger partial charge in [-0.3, -0.25) is 4.79 Å². The Morgan fingerprint density at radius 1 is 1.50 bits per heavy atom. The van der Waals surface area contributed by atoms with Crippen molar-refractivity contribution < 1.29 is 9.53 Å². The molecule has 0 aromatic heterocycles. The average molecular weight is 292 g/mol. The Bertz CT molecular complexity index is 205. The summed E-state index contributed by atoms with van der Waals surface area (Å²) >= 11 is 3.28. The number of ether oxygens (including phenoxy) is 1.